The highest BCUT2D eigenvalue weighted by Gasteiger charge is 2.29. The fraction of sp³-hybridized carbons (Fsp3) is 0.435. The number of amides is 1. The summed E-state index contributed by atoms with van der Waals surface area (Å²) in [5.74, 6) is -0.693. The first kappa shape index (κ1) is 24.7. The highest BCUT2D eigenvalue weighted by Crippen LogP contribution is 2.35. The quantitative estimate of drug-likeness (QED) is 0.577. The Labute approximate surface area is 200 Å². The lowest BCUT2D eigenvalue weighted by Crippen LogP contribution is -2.49. The molecule has 2 aliphatic rings. The van der Waals surface area contributed by atoms with Gasteiger partial charge in [-0.25, -0.2) is 28.1 Å². The summed E-state index contributed by atoms with van der Waals surface area (Å²) >= 11 is 0. The number of aryl methyl sites for hydroxylation is 1. The molecule has 2 aliphatic heterocycles. The number of morpholine rings is 1. The normalized spacial score (nSPS) is 17.2. The van der Waals surface area contributed by atoms with E-state index in [9.17, 15) is 18.0 Å². The van der Waals surface area contributed by atoms with Crippen LogP contribution in [0.5, 0.6) is 0 Å². The highest BCUT2D eigenvalue weighted by molar-refractivity contribution is 5.78. The summed E-state index contributed by atoms with van der Waals surface area (Å²) < 4.78 is 57.4. The van der Waals surface area contributed by atoms with E-state index >= 15 is 0 Å². The molecule has 1 aromatic heterocycles. The molecule has 3 heterocycles. The van der Waals surface area contributed by atoms with E-state index in [1.807, 2.05) is 0 Å². The lowest BCUT2D eigenvalue weighted by atomic mass is 10.0. The van der Waals surface area contributed by atoms with Crippen molar-refractivity contribution >= 4 is 11.7 Å². The molecule has 1 saturated heterocycles. The molecular weight excluding hydrogens is 467 g/mol. The molecule has 0 unspecified atom stereocenters. The van der Waals surface area contributed by atoms with Crippen molar-refractivity contribution in [1.29, 1.82) is 0 Å². The van der Waals surface area contributed by atoms with Crippen molar-refractivity contribution in [3.05, 3.63) is 64.7 Å². The van der Waals surface area contributed by atoms with E-state index in [2.05, 4.69) is 20.7 Å². The molecule has 1 aromatic carbocycles. The molecule has 9 nitrogen and oxygen atoms in total. The summed E-state index contributed by atoms with van der Waals surface area (Å²) in [6.07, 6.45) is -1.28. The van der Waals surface area contributed by atoms with Gasteiger partial charge < -0.3 is 19.5 Å². The minimum Gasteiger partial charge on any atom is -0.455 e. The van der Waals surface area contributed by atoms with E-state index in [0.29, 0.717) is 43.4 Å². The second-order valence-corrected chi connectivity index (χ2v) is 8.08. The zero-order valence-corrected chi connectivity index (χ0v) is 19.3. The van der Waals surface area contributed by atoms with Crippen LogP contribution in [0.3, 0.4) is 0 Å². The van der Waals surface area contributed by atoms with Gasteiger partial charge in [-0.15, -0.1) is 0 Å². The number of anilines is 1. The number of alkyl halides is 2. The van der Waals surface area contributed by atoms with Crippen molar-refractivity contribution in [3.8, 4) is 0 Å². The van der Waals surface area contributed by atoms with Crippen LogP contribution in [0, 0.1) is 12.7 Å². The first-order valence-electron chi connectivity index (χ1n) is 11.1. The van der Waals surface area contributed by atoms with Gasteiger partial charge in [0.1, 0.15) is 30.0 Å². The number of benzene rings is 1. The van der Waals surface area contributed by atoms with Crippen molar-refractivity contribution in [2.75, 3.05) is 31.6 Å². The van der Waals surface area contributed by atoms with Crippen LogP contribution in [0.2, 0.25) is 0 Å². The molecule has 0 radical (unpaired) electrons. The summed E-state index contributed by atoms with van der Waals surface area (Å²) in [6.45, 7) is 5.43. The number of hydrogen-bond donors (Lipinski definition) is 2. The topological polar surface area (TPSA) is 97.8 Å². The molecule has 1 atom stereocenters. The van der Waals surface area contributed by atoms with Gasteiger partial charge in [-0.3, -0.25) is 10.2 Å². The largest absolute Gasteiger partial charge is 0.455 e. The number of carbonyl (C=O) groups is 1. The van der Waals surface area contributed by atoms with E-state index < -0.39 is 30.1 Å². The molecule has 35 heavy (non-hydrogen) atoms. The van der Waals surface area contributed by atoms with E-state index in [4.69, 9.17) is 14.2 Å². The molecule has 12 heteroatoms. The Morgan fingerprint density at radius 2 is 1.86 bits per heavy atom. The van der Waals surface area contributed by atoms with Gasteiger partial charge in [-0.05, 0) is 13.8 Å². The number of rotatable bonds is 8. The number of ether oxygens (including phenoxy) is 3. The smallest absolute Gasteiger partial charge is 0.271 e. The van der Waals surface area contributed by atoms with Gasteiger partial charge in [0.25, 0.3) is 12.7 Å². The summed E-state index contributed by atoms with van der Waals surface area (Å²) in [6, 6.07) is 3.10. The average molecular weight is 493 g/mol. The Kier molecular flexibility index (Phi) is 7.71. The summed E-state index contributed by atoms with van der Waals surface area (Å²) in [5.41, 5.74) is 2.91. The van der Waals surface area contributed by atoms with Gasteiger partial charge in [-0.1, -0.05) is 18.2 Å². The van der Waals surface area contributed by atoms with Crippen molar-refractivity contribution in [2.45, 2.75) is 39.0 Å². The Bertz CT molecular complexity index is 1090. The number of halogens is 3. The van der Waals surface area contributed by atoms with E-state index in [-0.39, 0.29) is 23.7 Å². The Morgan fingerprint density at radius 1 is 1.17 bits per heavy atom. The monoisotopic (exact) mass is 493 g/mol. The second kappa shape index (κ2) is 10.9. The van der Waals surface area contributed by atoms with Crippen LogP contribution in [0.25, 0.3) is 0 Å². The van der Waals surface area contributed by atoms with Crippen molar-refractivity contribution in [2.24, 2.45) is 0 Å². The SMILES string of the molecule is Cc1nc(CC(=O)NN2CCOCC2)c(C2OC=CO2)c(N[C@H](C)c2cccc(C(F)F)c2F)n1. The summed E-state index contributed by atoms with van der Waals surface area (Å²) in [7, 11) is 0. The third-order valence-corrected chi connectivity index (χ3v) is 5.57. The van der Waals surface area contributed by atoms with Gasteiger partial charge in [-0.2, -0.15) is 0 Å². The Morgan fingerprint density at radius 3 is 2.54 bits per heavy atom. The van der Waals surface area contributed by atoms with E-state index in [0.717, 1.165) is 6.07 Å². The maximum atomic E-state index is 14.8. The number of nitrogens with zero attached hydrogens (tertiary/aromatic N) is 3. The Balaban J connectivity index is 1.62. The predicted molar refractivity (Wildman–Crippen MR) is 118 cm³/mol. The standard InChI is InChI=1S/C23H26F3N5O4/c1-13(15-4-3-5-16(20(15)24)21(25)26)27-22-19(23-34-10-11-35-23)17(28-14(2)29-22)12-18(32)30-31-6-8-33-9-7-31/h3-5,10-11,13,21,23H,6-9,12H2,1-2H3,(H,30,32)(H,27,28,29)/t13-/m1/s1. The zero-order chi connectivity index (χ0) is 24.9. The molecule has 0 spiro atoms. The number of hydrazine groups is 1. The lowest BCUT2D eigenvalue weighted by Gasteiger charge is -2.27. The van der Waals surface area contributed by atoms with Crippen LogP contribution in [0.15, 0.2) is 30.7 Å². The average Bonchev–Trinajstić information content (AvgIpc) is 3.33. The molecule has 1 amide bonds. The third-order valence-electron chi connectivity index (χ3n) is 5.57. The van der Waals surface area contributed by atoms with Gasteiger partial charge in [0.15, 0.2) is 0 Å². The first-order valence-corrected chi connectivity index (χ1v) is 11.1. The van der Waals surface area contributed by atoms with Crippen molar-refractivity contribution in [3.63, 3.8) is 0 Å². The molecule has 188 valence electrons. The highest BCUT2D eigenvalue weighted by atomic mass is 19.3. The number of carbonyl (C=O) groups excluding carboxylic acids is 1. The molecular formula is C23H26F3N5O4. The van der Waals surface area contributed by atoms with Crippen LogP contribution < -0.4 is 10.7 Å². The maximum Gasteiger partial charge on any atom is 0.271 e. The van der Waals surface area contributed by atoms with Crippen LogP contribution in [0.1, 0.15) is 53.9 Å². The zero-order valence-electron chi connectivity index (χ0n) is 19.3. The van der Waals surface area contributed by atoms with Gasteiger partial charge in [0.2, 0.25) is 5.91 Å². The third kappa shape index (κ3) is 5.82. The molecule has 0 bridgehead atoms. The maximum absolute atomic E-state index is 14.8. The van der Waals surface area contributed by atoms with Crippen LogP contribution in [-0.2, 0) is 25.4 Å². The minimum atomic E-state index is -2.94. The number of hydrogen-bond acceptors (Lipinski definition) is 8. The van der Waals surface area contributed by atoms with Crippen LogP contribution in [0.4, 0.5) is 19.0 Å². The van der Waals surface area contributed by atoms with E-state index in [1.54, 1.807) is 18.9 Å². The fourth-order valence-electron chi connectivity index (χ4n) is 3.90. The van der Waals surface area contributed by atoms with Gasteiger partial charge in [0, 0.05) is 18.7 Å². The first-order chi connectivity index (χ1) is 16.8. The summed E-state index contributed by atoms with van der Waals surface area (Å²) in [5, 5.41) is 4.83. The molecule has 4 rings (SSSR count). The molecule has 1 fully saturated rings. The Hall–Kier alpha value is -3.38. The number of nitrogens with one attached hydrogen (secondary N) is 2. The fourth-order valence-corrected chi connectivity index (χ4v) is 3.90. The van der Waals surface area contributed by atoms with Crippen molar-refractivity contribution < 1.29 is 32.2 Å². The minimum absolute atomic E-state index is 0.0445. The lowest BCUT2D eigenvalue weighted by molar-refractivity contribution is -0.127. The summed E-state index contributed by atoms with van der Waals surface area (Å²) in [4.78, 5) is 21.6. The molecule has 0 aliphatic carbocycles. The van der Waals surface area contributed by atoms with Crippen LogP contribution in [-0.4, -0.2) is 47.2 Å². The van der Waals surface area contributed by atoms with Gasteiger partial charge >= 0.3 is 0 Å². The predicted octanol–water partition coefficient (Wildman–Crippen LogP) is 3.46. The van der Waals surface area contributed by atoms with Crippen LogP contribution >= 0.6 is 0 Å². The second-order valence-electron chi connectivity index (χ2n) is 8.08. The molecule has 2 N–H and O–H groups in total. The van der Waals surface area contributed by atoms with Crippen molar-refractivity contribution in [1.82, 2.24) is 20.4 Å². The van der Waals surface area contributed by atoms with E-state index in [1.165, 1.54) is 24.7 Å². The van der Waals surface area contributed by atoms with Gasteiger partial charge in [0.05, 0.1) is 42.5 Å². The number of aromatic nitrogens is 2. The molecule has 0 saturated carbocycles. The molecule has 2 aromatic rings.